The molecule has 0 heterocycles. The van der Waals surface area contributed by atoms with Gasteiger partial charge in [-0.1, -0.05) is 48.9 Å². The average molecular weight is 270 g/mol. The van der Waals surface area contributed by atoms with Gasteiger partial charge in [0, 0.05) is 10.5 Å². The van der Waals surface area contributed by atoms with Gasteiger partial charge < -0.3 is 0 Å². The molecule has 98 valence electrons. The number of hydrogen-bond acceptors (Lipinski definition) is 2. The van der Waals surface area contributed by atoms with Crippen molar-refractivity contribution < 1.29 is 4.79 Å². The zero-order chi connectivity index (χ0) is 13.7. The molecule has 0 radical (unpaired) electrons. The van der Waals surface area contributed by atoms with E-state index in [2.05, 4.69) is 38.1 Å². The van der Waals surface area contributed by atoms with E-state index in [0.717, 1.165) is 16.9 Å². The molecule has 0 bridgehead atoms. The summed E-state index contributed by atoms with van der Waals surface area (Å²) in [6, 6.07) is 16.2. The van der Waals surface area contributed by atoms with Gasteiger partial charge in [0.15, 0.2) is 5.78 Å². The number of ketones is 1. The molecule has 0 aliphatic heterocycles. The lowest BCUT2D eigenvalue weighted by Crippen LogP contribution is -2.02. The number of thioether (sulfide) groups is 1. The van der Waals surface area contributed by atoms with E-state index in [0.29, 0.717) is 5.75 Å². The number of benzene rings is 2. The molecular weight excluding hydrogens is 252 g/mol. The van der Waals surface area contributed by atoms with Crippen molar-refractivity contribution >= 4 is 17.5 Å². The Bertz CT molecular complexity index is 540. The normalized spacial score (nSPS) is 10.4. The van der Waals surface area contributed by atoms with Crippen molar-refractivity contribution in [1.29, 1.82) is 0 Å². The van der Waals surface area contributed by atoms with E-state index in [4.69, 9.17) is 0 Å². The first kappa shape index (κ1) is 13.9. The van der Waals surface area contributed by atoms with Crippen LogP contribution >= 0.6 is 11.8 Å². The molecule has 0 saturated heterocycles. The molecule has 0 amide bonds. The first-order valence-electron chi connectivity index (χ1n) is 6.50. The first-order chi connectivity index (χ1) is 9.19. The van der Waals surface area contributed by atoms with Gasteiger partial charge in [0.2, 0.25) is 0 Å². The van der Waals surface area contributed by atoms with Gasteiger partial charge in [-0.05, 0) is 31.0 Å². The summed E-state index contributed by atoms with van der Waals surface area (Å²) in [5.41, 5.74) is 3.31. The first-order valence-corrected chi connectivity index (χ1v) is 7.49. The van der Waals surface area contributed by atoms with Crippen molar-refractivity contribution in [2.24, 2.45) is 0 Å². The van der Waals surface area contributed by atoms with Crippen molar-refractivity contribution in [1.82, 2.24) is 0 Å². The molecule has 0 unspecified atom stereocenters. The fourth-order valence-corrected chi connectivity index (χ4v) is 2.59. The third kappa shape index (κ3) is 3.97. The maximum absolute atomic E-state index is 12.1. The van der Waals surface area contributed by atoms with Gasteiger partial charge >= 0.3 is 0 Å². The molecule has 0 aliphatic carbocycles. The molecule has 2 rings (SSSR count). The summed E-state index contributed by atoms with van der Waals surface area (Å²) in [7, 11) is 0. The summed E-state index contributed by atoms with van der Waals surface area (Å²) in [6.07, 6.45) is 1.01. The molecule has 0 atom stereocenters. The van der Waals surface area contributed by atoms with Gasteiger partial charge in [0.05, 0.1) is 5.75 Å². The van der Waals surface area contributed by atoms with Crippen LogP contribution in [0.25, 0.3) is 0 Å². The minimum atomic E-state index is 0.188. The topological polar surface area (TPSA) is 17.1 Å². The maximum atomic E-state index is 12.1. The van der Waals surface area contributed by atoms with Gasteiger partial charge in [-0.2, -0.15) is 0 Å². The van der Waals surface area contributed by atoms with E-state index in [9.17, 15) is 4.79 Å². The molecule has 0 fully saturated rings. The highest BCUT2D eigenvalue weighted by atomic mass is 32.2. The molecule has 2 heteroatoms. The summed E-state index contributed by atoms with van der Waals surface area (Å²) >= 11 is 1.59. The summed E-state index contributed by atoms with van der Waals surface area (Å²) in [6.45, 7) is 4.18. The van der Waals surface area contributed by atoms with Crippen LogP contribution in [-0.4, -0.2) is 11.5 Å². The summed E-state index contributed by atoms with van der Waals surface area (Å²) in [5, 5.41) is 0. The van der Waals surface area contributed by atoms with Gasteiger partial charge in [-0.25, -0.2) is 0 Å². The van der Waals surface area contributed by atoms with Crippen LogP contribution in [0.15, 0.2) is 53.4 Å². The third-order valence-corrected chi connectivity index (χ3v) is 4.09. The average Bonchev–Trinajstić information content (AvgIpc) is 2.46. The fraction of sp³-hybridized carbons (Fsp3) is 0.235. The molecule has 0 saturated carbocycles. The standard InChI is InChI=1S/C17H18OS/c1-3-14-6-8-15(9-7-14)17(18)12-19-16-10-4-13(2)5-11-16/h4-11H,3,12H2,1-2H3. The molecule has 0 aromatic heterocycles. The highest BCUT2D eigenvalue weighted by Crippen LogP contribution is 2.19. The van der Waals surface area contributed by atoms with E-state index in [1.807, 2.05) is 24.3 Å². The fourth-order valence-electron chi connectivity index (χ4n) is 1.79. The van der Waals surface area contributed by atoms with E-state index < -0.39 is 0 Å². The monoisotopic (exact) mass is 270 g/mol. The van der Waals surface area contributed by atoms with E-state index >= 15 is 0 Å². The van der Waals surface area contributed by atoms with Crippen LogP contribution in [-0.2, 0) is 6.42 Å². The highest BCUT2D eigenvalue weighted by Gasteiger charge is 2.06. The minimum Gasteiger partial charge on any atom is -0.293 e. The van der Waals surface area contributed by atoms with Crippen LogP contribution in [0.5, 0.6) is 0 Å². The van der Waals surface area contributed by atoms with Gasteiger partial charge in [-0.3, -0.25) is 4.79 Å². The Hall–Kier alpha value is -1.54. The molecule has 0 aliphatic rings. The Kier molecular flexibility index (Phi) is 4.80. The molecule has 2 aromatic carbocycles. The number of hydrogen-bond donors (Lipinski definition) is 0. The lowest BCUT2D eigenvalue weighted by Gasteiger charge is -2.03. The molecule has 1 nitrogen and oxygen atoms in total. The van der Waals surface area contributed by atoms with Crippen molar-refractivity contribution in [3.63, 3.8) is 0 Å². The lowest BCUT2D eigenvalue weighted by molar-refractivity contribution is 0.102. The van der Waals surface area contributed by atoms with Crippen molar-refractivity contribution in [3.05, 3.63) is 65.2 Å². The second-order valence-corrected chi connectivity index (χ2v) is 5.62. The second-order valence-electron chi connectivity index (χ2n) is 4.58. The Morgan fingerprint density at radius 3 is 2.21 bits per heavy atom. The van der Waals surface area contributed by atoms with Crippen LogP contribution < -0.4 is 0 Å². The number of aryl methyl sites for hydroxylation is 2. The van der Waals surface area contributed by atoms with Crippen molar-refractivity contribution in [2.75, 3.05) is 5.75 Å². The summed E-state index contributed by atoms with van der Waals surface area (Å²) in [4.78, 5) is 13.2. The maximum Gasteiger partial charge on any atom is 0.173 e. The highest BCUT2D eigenvalue weighted by molar-refractivity contribution is 8.00. The van der Waals surface area contributed by atoms with Gasteiger partial charge in [0.25, 0.3) is 0 Å². The van der Waals surface area contributed by atoms with E-state index in [-0.39, 0.29) is 5.78 Å². The van der Waals surface area contributed by atoms with Crippen LogP contribution in [0.1, 0.15) is 28.4 Å². The lowest BCUT2D eigenvalue weighted by atomic mass is 10.1. The zero-order valence-electron chi connectivity index (χ0n) is 11.3. The molecular formula is C17H18OS. The predicted molar refractivity (Wildman–Crippen MR) is 82.1 cm³/mol. The Morgan fingerprint density at radius 1 is 1.00 bits per heavy atom. The predicted octanol–water partition coefficient (Wildman–Crippen LogP) is 4.53. The van der Waals surface area contributed by atoms with Crippen molar-refractivity contribution in [2.45, 2.75) is 25.2 Å². The number of carbonyl (C=O) groups is 1. The molecule has 0 spiro atoms. The SMILES string of the molecule is CCc1ccc(C(=O)CSc2ccc(C)cc2)cc1. The Balaban J connectivity index is 1.95. The smallest absolute Gasteiger partial charge is 0.173 e. The summed E-state index contributed by atoms with van der Waals surface area (Å²) in [5.74, 6) is 0.683. The minimum absolute atomic E-state index is 0.188. The van der Waals surface area contributed by atoms with E-state index in [1.165, 1.54) is 11.1 Å². The molecule has 2 aromatic rings. The molecule has 19 heavy (non-hydrogen) atoms. The van der Waals surface area contributed by atoms with Gasteiger partial charge in [0.1, 0.15) is 0 Å². The number of rotatable bonds is 5. The van der Waals surface area contributed by atoms with Crippen LogP contribution in [0.4, 0.5) is 0 Å². The van der Waals surface area contributed by atoms with Crippen LogP contribution in [0.3, 0.4) is 0 Å². The quantitative estimate of drug-likeness (QED) is 0.586. The largest absolute Gasteiger partial charge is 0.293 e. The second kappa shape index (κ2) is 6.58. The molecule has 0 N–H and O–H groups in total. The number of Topliss-reactive ketones (excluding diaryl/α,β-unsaturated/α-hetero) is 1. The summed E-state index contributed by atoms with van der Waals surface area (Å²) < 4.78 is 0. The Labute approximate surface area is 119 Å². The van der Waals surface area contributed by atoms with Crippen LogP contribution in [0.2, 0.25) is 0 Å². The Morgan fingerprint density at radius 2 is 1.63 bits per heavy atom. The zero-order valence-corrected chi connectivity index (χ0v) is 12.2. The third-order valence-electron chi connectivity index (χ3n) is 3.08. The van der Waals surface area contributed by atoms with Crippen LogP contribution in [0, 0.1) is 6.92 Å². The van der Waals surface area contributed by atoms with Gasteiger partial charge in [-0.15, -0.1) is 11.8 Å². The van der Waals surface area contributed by atoms with Crippen molar-refractivity contribution in [3.8, 4) is 0 Å². The van der Waals surface area contributed by atoms with E-state index in [1.54, 1.807) is 11.8 Å². The number of carbonyl (C=O) groups excluding carboxylic acids is 1.